The molecule has 0 amide bonds. The van der Waals surface area contributed by atoms with Crippen LogP contribution >= 0.6 is 27.3 Å². The first-order valence-corrected chi connectivity index (χ1v) is 5.74. The zero-order valence-electron chi connectivity index (χ0n) is 7.74. The molecule has 6 heteroatoms. The standard InChI is InChI=1S/C9H7BrN2O2S/c1-4-11-7(8(12-4)9(13)14)5-2-3-6(10)15-5/h2-3H,1H3,(H,11,12)(H,13,14). The molecule has 0 saturated carbocycles. The second kappa shape index (κ2) is 3.79. The molecule has 0 fully saturated rings. The lowest BCUT2D eigenvalue weighted by atomic mass is 10.3. The molecule has 2 heterocycles. The quantitative estimate of drug-likeness (QED) is 0.892. The summed E-state index contributed by atoms with van der Waals surface area (Å²) in [5.74, 6) is -0.411. The van der Waals surface area contributed by atoms with Crippen LogP contribution in [0.4, 0.5) is 0 Å². The van der Waals surface area contributed by atoms with Gasteiger partial charge >= 0.3 is 5.97 Å². The molecule has 2 aromatic rings. The van der Waals surface area contributed by atoms with Gasteiger partial charge in [0, 0.05) is 0 Å². The fraction of sp³-hybridized carbons (Fsp3) is 0.111. The van der Waals surface area contributed by atoms with Crippen LogP contribution in [-0.2, 0) is 0 Å². The number of aromatic nitrogens is 2. The molecule has 78 valence electrons. The number of carboxylic acid groups (broad SMARTS) is 1. The van der Waals surface area contributed by atoms with Crippen molar-refractivity contribution in [1.29, 1.82) is 0 Å². The van der Waals surface area contributed by atoms with Crippen LogP contribution in [0.3, 0.4) is 0 Å². The number of hydrogen-bond acceptors (Lipinski definition) is 3. The van der Waals surface area contributed by atoms with Crippen LogP contribution in [0.1, 0.15) is 16.3 Å². The highest BCUT2D eigenvalue weighted by atomic mass is 79.9. The summed E-state index contributed by atoms with van der Waals surface area (Å²) in [7, 11) is 0. The largest absolute Gasteiger partial charge is 0.476 e. The summed E-state index contributed by atoms with van der Waals surface area (Å²) >= 11 is 4.80. The van der Waals surface area contributed by atoms with Gasteiger partial charge in [-0.25, -0.2) is 9.78 Å². The molecular formula is C9H7BrN2O2S. The van der Waals surface area contributed by atoms with E-state index in [1.807, 2.05) is 12.1 Å². The molecule has 0 unspecified atom stereocenters. The molecule has 15 heavy (non-hydrogen) atoms. The summed E-state index contributed by atoms with van der Waals surface area (Å²) in [6.45, 7) is 1.73. The van der Waals surface area contributed by atoms with Gasteiger partial charge < -0.3 is 10.1 Å². The van der Waals surface area contributed by atoms with E-state index in [4.69, 9.17) is 5.11 Å². The lowest BCUT2D eigenvalue weighted by molar-refractivity contribution is 0.0692. The Morgan fingerprint density at radius 3 is 2.87 bits per heavy atom. The molecule has 0 atom stereocenters. The van der Waals surface area contributed by atoms with Crippen LogP contribution in [0.25, 0.3) is 10.6 Å². The van der Waals surface area contributed by atoms with Crippen LogP contribution in [0.5, 0.6) is 0 Å². The third-order valence-electron chi connectivity index (χ3n) is 1.84. The lowest BCUT2D eigenvalue weighted by Gasteiger charge is -1.93. The molecule has 0 aliphatic heterocycles. The zero-order chi connectivity index (χ0) is 11.0. The van der Waals surface area contributed by atoms with E-state index in [1.54, 1.807) is 6.92 Å². The topological polar surface area (TPSA) is 66.0 Å². The molecule has 0 aliphatic carbocycles. The summed E-state index contributed by atoms with van der Waals surface area (Å²) in [5.41, 5.74) is 0.637. The normalized spacial score (nSPS) is 10.5. The number of aryl methyl sites for hydroxylation is 1. The van der Waals surface area contributed by atoms with Gasteiger partial charge in [-0.2, -0.15) is 0 Å². The molecule has 2 rings (SSSR count). The maximum absolute atomic E-state index is 10.9. The summed E-state index contributed by atoms with van der Waals surface area (Å²) in [5, 5.41) is 8.96. The first-order valence-electron chi connectivity index (χ1n) is 4.13. The number of rotatable bonds is 2. The van der Waals surface area contributed by atoms with Crippen molar-refractivity contribution in [3.8, 4) is 10.6 Å². The number of carboxylic acids is 1. The molecule has 0 spiro atoms. The minimum Gasteiger partial charge on any atom is -0.476 e. The highest BCUT2D eigenvalue weighted by Crippen LogP contribution is 2.32. The van der Waals surface area contributed by atoms with E-state index in [9.17, 15) is 4.79 Å². The highest BCUT2D eigenvalue weighted by molar-refractivity contribution is 9.11. The highest BCUT2D eigenvalue weighted by Gasteiger charge is 2.17. The predicted molar refractivity (Wildman–Crippen MR) is 61.3 cm³/mol. The Morgan fingerprint density at radius 1 is 1.60 bits per heavy atom. The Labute approximate surface area is 98.1 Å². The number of nitrogens with zero attached hydrogens (tertiary/aromatic N) is 1. The third-order valence-corrected chi connectivity index (χ3v) is 3.49. The van der Waals surface area contributed by atoms with E-state index in [2.05, 4.69) is 25.9 Å². The van der Waals surface area contributed by atoms with Crippen molar-refractivity contribution < 1.29 is 9.90 Å². The second-order valence-corrected chi connectivity index (χ2v) is 5.42. The minimum absolute atomic E-state index is 0.0712. The molecule has 2 N–H and O–H groups in total. The fourth-order valence-electron chi connectivity index (χ4n) is 1.27. The van der Waals surface area contributed by atoms with E-state index < -0.39 is 5.97 Å². The number of H-pyrrole nitrogens is 1. The summed E-state index contributed by atoms with van der Waals surface area (Å²) in [6.07, 6.45) is 0. The SMILES string of the molecule is Cc1nc(C(=O)O)c(-c2ccc(Br)s2)[nH]1. The van der Waals surface area contributed by atoms with Gasteiger partial charge in [-0.1, -0.05) is 0 Å². The number of carbonyl (C=O) groups is 1. The number of thiophene rings is 1. The number of halogens is 1. The van der Waals surface area contributed by atoms with Crippen molar-refractivity contribution in [1.82, 2.24) is 9.97 Å². The number of nitrogens with one attached hydrogen (secondary N) is 1. The van der Waals surface area contributed by atoms with Crippen molar-refractivity contribution in [2.45, 2.75) is 6.92 Å². The summed E-state index contributed by atoms with van der Waals surface area (Å²) in [4.78, 5) is 18.7. The monoisotopic (exact) mass is 286 g/mol. The smallest absolute Gasteiger partial charge is 0.356 e. The average Bonchev–Trinajstić information content (AvgIpc) is 2.71. The first-order chi connectivity index (χ1) is 7.08. The first kappa shape index (κ1) is 10.4. The van der Waals surface area contributed by atoms with E-state index in [-0.39, 0.29) is 5.69 Å². The maximum Gasteiger partial charge on any atom is 0.356 e. The second-order valence-electron chi connectivity index (χ2n) is 2.95. The number of aromatic carboxylic acids is 1. The maximum atomic E-state index is 10.9. The van der Waals surface area contributed by atoms with Crippen LogP contribution < -0.4 is 0 Å². The van der Waals surface area contributed by atoms with Crippen LogP contribution in [0, 0.1) is 6.92 Å². The van der Waals surface area contributed by atoms with E-state index in [1.165, 1.54) is 11.3 Å². The summed E-state index contributed by atoms with van der Waals surface area (Å²) in [6, 6.07) is 3.73. The van der Waals surface area contributed by atoms with E-state index >= 15 is 0 Å². The van der Waals surface area contributed by atoms with Crippen molar-refractivity contribution in [2.75, 3.05) is 0 Å². The lowest BCUT2D eigenvalue weighted by Crippen LogP contribution is -1.98. The van der Waals surface area contributed by atoms with Crippen LogP contribution in [0.2, 0.25) is 0 Å². The van der Waals surface area contributed by atoms with E-state index in [0.717, 1.165) is 8.66 Å². The van der Waals surface area contributed by atoms with Gasteiger partial charge in [-0.05, 0) is 35.0 Å². The summed E-state index contributed by atoms with van der Waals surface area (Å²) < 4.78 is 0.959. The minimum atomic E-state index is -1.01. The van der Waals surface area contributed by atoms with E-state index in [0.29, 0.717) is 11.5 Å². The molecule has 0 aromatic carbocycles. The number of aromatic amines is 1. The van der Waals surface area contributed by atoms with Gasteiger partial charge in [0.25, 0.3) is 0 Å². The van der Waals surface area contributed by atoms with Gasteiger partial charge in [0.1, 0.15) is 5.82 Å². The van der Waals surface area contributed by atoms with Crippen molar-refractivity contribution >= 4 is 33.2 Å². The number of hydrogen-bond donors (Lipinski definition) is 2. The van der Waals surface area contributed by atoms with Gasteiger partial charge in [-0.3, -0.25) is 0 Å². The average molecular weight is 287 g/mol. The van der Waals surface area contributed by atoms with Crippen molar-refractivity contribution in [3.63, 3.8) is 0 Å². The third kappa shape index (κ3) is 1.95. The van der Waals surface area contributed by atoms with Crippen molar-refractivity contribution in [2.24, 2.45) is 0 Å². The van der Waals surface area contributed by atoms with Gasteiger partial charge in [-0.15, -0.1) is 11.3 Å². The van der Waals surface area contributed by atoms with Crippen LogP contribution in [-0.4, -0.2) is 21.0 Å². The molecule has 4 nitrogen and oxygen atoms in total. The van der Waals surface area contributed by atoms with Gasteiger partial charge in [0.15, 0.2) is 5.69 Å². The fourth-order valence-corrected chi connectivity index (χ4v) is 2.66. The Balaban J connectivity index is 2.56. The molecule has 0 aliphatic rings. The molecule has 0 bridgehead atoms. The molecular weight excluding hydrogens is 280 g/mol. The Kier molecular flexibility index (Phi) is 2.62. The van der Waals surface area contributed by atoms with Gasteiger partial charge in [0.05, 0.1) is 14.4 Å². The molecule has 0 radical (unpaired) electrons. The van der Waals surface area contributed by atoms with Crippen LogP contribution in [0.15, 0.2) is 15.9 Å². The zero-order valence-corrected chi connectivity index (χ0v) is 10.1. The predicted octanol–water partition coefficient (Wildman–Crippen LogP) is 2.91. The molecule has 2 aromatic heterocycles. The Bertz CT molecular complexity index is 518. The Morgan fingerprint density at radius 2 is 2.33 bits per heavy atom. The number of imidazole rings is 1. The van der Waals surface area contributed by atoms with Crippen molar-refractivity contribution in [3.05, 3.63) is 27.4 Å². The Hall–Kier alpha value is -1.14. The van der Waals surface area contributed by atoms with Gasteiger partial charge in [0.2, 0.25) is 0 Å². The molecule has 0 saturated heterocycles.